The number of hydrogen-bond donors (Lipinski definition) is 1. The third-order valence-corrected chi connectivity index (χ3v) is 5.97. The van der Waals surface area contributed by atoms with Crippen LogP contribution in [0.4, 0.5) is 5.69 Å². The van der Waals surface area contributed by atoms with Crippen molar-refractivity contribution in [3.63, 3.8) is 0 Å². The van der Waals surface area contributed by atoms with E-state index in [-0.39, 0.29) is 26.5 Å². The van der Waals surface area contributed by atoms with Crippen LogP contribution in [0.25, 0.3) is 0 Å². The van der Waals surface area contributed by atoms with Crippen molar-refractivity contribution < 1.29 is 13.2 Å². The molecule has 0 heterocycles. The van der Waals surface area contributed by atoms with E-state index in [0.29, 0.717) is 18.7 Å². The molecule has 134 valence electrons. The maximum atomic E-state index is 12.6. The number of nitrogens with one attached hydrogen (secondary N) is 1. The maximum Gasteiger partial charge on any atom is 0.263 e. The van der Waals surface area contributed by atoms with E-state index in [9.17, 15) is 13.2 Å². The molecule has 0 aliphatic carbocycles. The van der Waals surface area contributed by atoms with Crippen molar-refractivity contribution in [2.45, 2.75) is 18.7 Å². The molecule has 2 aromatic carbocycles. The van der Waals surface area contributed by atoms with Crippen LogP contribution in [0.2, 0.25) is 10.0 Å². The summed E-state index contributed by atoms with van der Waals surface area (Å²) in [6.45, 7) is 4.91. The fourth-order valence-electron chi connectivity index (χ4n) is 2.31. The molecular weight excluding hydrogens is 383 g/mol. The summed E-state index contributed by atoms with van der Waals surface area (Å²) in [6, 6.07) is 10.7. The van der Waals surface area contributed by atoms with Gasteiger partial charge in [0.25, 0.3) is 15.9 Å². The van der Waals surface area contributed by atoms with E-state index in [4.69, 9.17) is 23.2 Å². The molecule has 1 amide bonds. The number of halogens is 2. The number of carbonyl (C=O) groups excluding carboxylic acids is 1. The van der Waals surface area contributed by atoms with Gasteiger partial charge < -0.3 is 4.90 Å². The third kappa shape index (κ3) is 4.45. The van der Waals surface area contributed by atoms with Crippen molar-refractivity contribution in [1.29, 1.82) is 0 Å². The van der Waals surface area contributed by atoms with Gasteiger partial charge in [0, 0.05) is 24.3 Å². The Morgan fingerprint density at radius 1 is 1.08 bits per heavy atom. The topological polar surface area (TPSA) is 66.5 Å². The van der Waals surface area contributed by atoms with Gasteiger partial charge in [-0.1, -0.05) is 35.3 Å². The highest BCUT2D eigenvalue weighted by Crippen LogP contribution is 2.30. The second-order valence-electron chi connectivity index (χ2n) is 5.22. The Kier molecular flexibility index (Phi) is 6.32. The third-order valence-electron chi connectivity index (χ3n) is 3.62. The number of rotatable bonds is 6. The van der Waals surface area contributed by atoms with Crippen LogP contribution < -0.4 is 4.72 Å². The monoisotopic (exact) mass is 400 g/mol. The molecule has 2 rings (SSSR count). The summed E-state index contributed by atoms with van der Waals surface area (Å²) < 4.78 is 27.5. The van der Waals surface area contributed by atoms with Crippen LogP contribution in [0.5, 0.6) is 0 Å². The number of amides is 1. The molecule has 1 N–H and O–H groups in total. The van der Waals surface area contributed by atoms with Crippen LogP contribution in [-0.2, 0) is 10.0 Å². The Balaban J connectivity index is 2.33. The molecule has 0 saturated carbocycles. The van der Waals surface area contributed by atoms with Crippen LogP contribution >= 0.6 is 23.2 Å². The van der Waals surface area contributed by atoms with E-state index in [1.54, 1.807) is 23.1 Å². The summed E-state index contributed by atoms with van der Waals surface area (Å²) in [7, 11) is -3.93. The second kappa shape index (κ2) is 8.08. The van der Waals surface area contributed by atoms with Crippen LogP contribution in [0, 0.1) is 0 Å². The minimum absolute atomic E-state index is 0.0490. The van der Waals surface area contributed by atoms with E-state index in [1.165, 1.54) is 24.3 Å². The van der Waals surface area contributed by atoms with E-state index >= 15 is 0 Å². The first-order valence-corrected chi connectivity index (χ1v) is 9.90. The Labute approximate surface area is 157 Å². The van der Waals surface area contributed by atoms with E-state index in [1.807, 2.05) is 13.8 Å². The molecule has 0 unspecified atom stereocenters. The number of hydrogen-bond acceptors (Lipinski definition) is 3. The summed E-state index contributed by atoms with van der Waals surface area (Å²) >= 11 is 11.9. The molecule has 0 atom stereocenters. The van der Waals surface area contributed by atoms with Crippen molar-refractivity contribution in [3.05, 3.63) is 58.1 Å². The normalized spacial score (nSPS) is 11.2. The van der Waals surface area contributed by atoms with Gasteiger partial charge in [-0.05, 0) is 44.2 Å². The Morgan fingerprint density at radius 3 is 2.36 bits per heavy atom. The van der Waals surface area contributed by atoms with Gasteiger partial charge in [-0.3, -0.25) is 9.52 Å². The van der Waals surface area contributed by atoms with Gasteiger partial charge in [-0.2, -0.15) is 0 Å². The summed E-state index contributed by atoms with van der Waals surface area (Å²) in [6.07, 6.45) is 0. The van der Waals surface area contributed by atoms with Gasteiger partial charge in [-0.15, -0.1) is 0 Å². The molecule has 2 aromatic rings. The maximum absolute atomic E-state index is 12.6. The fraction of sp³-hybridized carbons (Fsp3) is 0.235. The van der Waals surface area contributed by atoms with Gasteiger partial charge in [-0.25, -0.2) is 8.42 Å². The van der Waals surface area contributed by atoms with Gasteiger partial charge in [0.05, 0.1) is 10.0 Å². The van der Waals surface area contributed by atoms with Crippen LogP contribution in [0.15, 0.2) is 47.4 Å². The predicted octanol–water partition coefficient (Wildman–Crippen LogP) is 4.28. The van der Waals surface area contributed by atoms with Crippen LogP contribution in [0.3, 0.4) is 0 Å². The Hall–Kier alpha value is -1.76. The van der Waals surface area contributed by atoms with Crippen molar-refractivity contribution in [3.8, 4) is 0 Å². The predicted molar refractivity (Wildman–Crippen MR) is 101 cm³/mol. The number of anilines is 1. The number of nitrogens with zero attached hydrogens (tertiary/aromatic N) is 1. The molecule has 0 fully saturated rings. The first kappa shape index (κ1) is 19.6. The molecule has 0 spiro atoms. The molecule has 0 radical (unpaired) electrons. The average Bonchev–Trinajstić information content (AvgIpc) is 2.58. The number of sulfonamides is 1. The van der Waals surface area contributed by atoms with Gasteiger partial charge >= 0.3 is 0 Å². The zero-order valence-electron chi connectivity index (χ0n) is 13.8. The second-order valence-corrected chi connectivity index (χ2v) is 7.65. The molecule has 25 heavy (non-hydrogen) atoms. The highest BCUT2D eigenvalue weighted by atomic mass is 35.5. The lowest BCUT2D eigenvalue weighted by atomic mass is 10.2. The van der Waals surface area contributed by atoms with Gasteiger partial charge in [0.2, 0.25) is 0 Å². The van der Waals surface area contributed by atoms with Crippen LogP contribution in [-0.4, -0.2) is 32.3 Å². The highest BCUT2D eigenvalue weighted by molar-refractivity contribution is 7.92. The number of benzene rings is 2. The summed E-state index contributed by atoms with van der Waals surface area (Å²) in [5.41, 5.74) is 0.676. The summed E-state index contributed by atoms with van der Waals surface area (Å²) in [5, 5.41) is 0.0991. The van der Waals surface area contributed by atoms with Crippen LogP contribution in [0.1, 0.15) is 24.2 Å². The number of carbonyl (C=O) groups is 1. The van der Waals surface area contributed by atoms with E-state index in [0.717, 1.165) is 0 Å². The smallest absolute Gasteiger partial charge is 0.263 e. The molecule has 0 aliphatic rings. The van der Waals surface area contributed by atoms with Crippen molar-refractivity contribution in [2.24, 2.45) is 0 Å². The highest BCUT2D eigenvalue weighted by Gasteiger charge is 2.20. The Bertz CT molecular complexity index is 881. The van der Waals surface area contributed by atoms with Gasteiger partial charge in [0.1, 0.15) is 4.90 Å². The first-order valence-electron chi connectivity index (χ1n) is 7.66. The zero-order chi connectivity index (χ0) is 18.6. The lowest BCUT2D eigenvalue weighted by molar-refractivity contribution is 0.0773. The fourth-order valence-corrected chi connectivity index (χ4v) is 4.12. The first-order chi connectivity index (χ1) is 11.8. The van der Waals surface area contributed by atoms with Gasteiger partial charge in [0.15, 0.2) is 0 Å². The molecule has 0 aromatic heterocycles. The van der Waals surface area contributed by atoms with E-state index in [2.05, 4.69) is 4.72 Å². The quantitative estimate of drug-likeness (QED) is 0.786. The SMILES string of the molecule is CCN(CC)C(=O)c1cccc(NS(=O)(=O)c2cccc(Cl)c2Cl)c1. The average molecular weight is 401 g/mol. The lowest BCUT2D eigenvalue weighted by Crippen LogP contribution is -2.30. The zero-order valence-corrected chi connectivity index (χ0v) is 16.1. The standard InChI is InChI=1S/C17H18Cl2N2O3S/c1-3-21(4-2)17(22)12-7-5-8-13(11-12)20-25(23,24)15-10-6-9-14(18)16(15)19/h5-11,20H,3-4H2,1-2H3. The molecule has 0 bridgehead atoms. The minimum atomic E-state index is -3.93. The molecule has 0 saturated heterocycles. The Morgan fingerprint density at radius 2 is 1.72 bits per heavy atom. The summed E-state index contributed by atoms with van der Waals surface area (Å²) in [4.78, 5) is 13.9. The van der Waals surface area contributed by atoms with Crippen molar-refractivity contribution in [1.82, 2.24) is 4.90 Å². The molecule has 5 nitrogen and oxygen atoms in total. The minimum Gasteiger partial charge on any atom is -0.339 e. The summed E-state index contributed by atoms with van der Waals surface area (Å²) in [5.74, 6) is -0.160. The largest absolute Gasteiger partial charge is 0.339 e. The van der Waals surface area contributed by atoms with E-state index < -0.39 is 10.0 Å². The molecular formula is C17H18Cl2N2O3S. The molecule has 8 heteroatoms. The molecule has 0 aliphatic heterocycles. The van der Waals surface area contributed by atoms with Crippen molar-refractivity contribution >= 4 is 44.8 Å². The lowest BCUT2D eigenvalue weighted by Gasteiger charge is -2.19. The van der Waals surface area contributed by atoms with Crippen molar-refractivity contribution in [2.75, 3.05) is 17.8 Å².